The van der Waals surface area contributed by atoms with Crippen LogP contribution >= 0.6 is 0 Å². The molecule has 0 heterocycles. The van der Waals surface area contributed by atoms with Crippen molar-refractivity contribution in [3.63, 3.8) is 0 Å². The third-order valence-electron chi connectivity index (χ3n) is 4.92. The molecule has 4 N–H and O–H groups in total. The zero-order chi connectivity index (χ0) is 15.1. The lowest BCUT2D eigenvalue weighted by molar-refractivity contribution is -0.0814. The second-order valence-corrected chi connectivity index (χ2v) is 6.22. The lowest BCUT2D eigenvalue weighted by atomic mass is 9.81. The molecule has 0 aromatic heterocycles. The van der Waals surface area contributed by atoms with Crippen molar-refractivity contribution in [1.29, 1.82) is 0 Å². The second kappa shape index (κ2) is 8.23. The Morgan fingerprint density at radius 3 is 1.74 bits per heavy atom. The Kier molecular flexibility index (Phi) is 8.18. The van der Waals surface area contributed by atoms with Gasteiger partial charge < -0.3 is 16.2 Å². The fourth-order valence-corrected chi connectivity index (χ4v) is 2.80. The summed E-state index contributed by atoms with van der Waals surface area (Å²) in [5.41, 5.74) is 12.2. The molecule has 0 saturated carbocycles. The summed E-state index contributed by atoms with van der Waals surface area (Å²) < 4.78 is 6.29. The molecular formula is C16H36N2O. The van der Waals surface area contributed by atoms with Gasteiger partial charge in [0.25, 0.3) is 0 Å². The summed E-state index contributed by atoms with van der Waals surface area (Å²) in [4.78, 5) is 0. The fourth-order valence-electron chi connectivity index (χ4n) is 2.80. The van der Waals surface area contributed by atoms with Gasteiger partial charge in [-0.3, -0.25) is 0 Å². The van der Waals surface area contributed by atoms with Gasteiger partial charge in [-0.25, -0.2) is 0 Å². The van der Waals surface area contributed by atoms with E-state index in [1.807, 2.05) is 0 Å². The SMILES string of the molecule is CCC(CC)(CC(C)N)OCC(C)C(N)(CC)CC. The Morgan fingerprint density at radius 2 is 1.42 bits per heavy atom. The first-order valence-corrected chi connectivity index (χ1v) is 7.97. The molecule has 0 spiro atoms. The van der Waals surface area contributed by atoms with E-state index in [2.05, 4.69) is 41.5 Å². The Labute approximate surface area is 120 Å². The van der Waals surface area contributed by atoms with Gasteiger partial charge in [0.15, 0.2) is 0 Å². The highest BCUT2D eigenvalue weighted by atomic mass is 16.5. The molecule has 0 aliphatic heterocycles. The summed E-state index contributed by atoms with van der Waals surface area (Å²) in [5, 5.41) is 0. The molecule has 0 fully saturated rings. The van der Waals surface area contributed by atoms with Crippen LogP contribution in [0.25, 0.3) is 0 Å². The van der Waals surface area contributed by atoms with E-state index in [1.54, 1.807) is 0 Å². The minimum absolute atomic E-state index is 0.0786. The van der Waals surface area contributed by atoms with Gasteiger partial charge in [-0.1, -0.05) is 34.6 Å². The molecule has 2 atom stereocenters. The Morgan fingerprint density at radius 1 is 0.947 bits per heavy atom. The van der Waals surface area contributed by atoms with Crippen LogP contribution in [-0.4, -0.2) is 23.8 Å². The van der Waals surface area contributed by atoms with Crippen molar-refractivity contribution >= 4 is 0 Å². The molecule has 19 heavy (non-hydrogen) atoms. The predicted octanol–water partition coefficient (Wildman–Crippen LogP) is 3.45. The molecule has 0 aliphatic carbocycles. The first-order valence-electron chi connectivity index (χ1n) is 7.97. The van der Waals surface area contributed by atoms with Crippen LogP contribution in [0.1, 0.15) is 73.6 Å². The van der Waals surface area contributed by atoms with E-state index in [0.29, 0.717) is 5.92 Å². The molecule has 2 unspecified atom stereocenters. The van der Waals surface area contributed by atoms with Crippen molar-refractivity contribution in [2.24, 2.45) is 17.4 Å². The van der Waals surface area contributed by atoms with Gasteiger partial charge in [0.1, 0.15) is 0 Å². The first-order chi connectivity index (χ1) is 8.79. The number of ether oxygens (including phenoxy) is 1. The Balaban J connectivity index is 4.63. The van der Waals surface area contributed by atoms with E-state index in [9.17, 15) is 0 Å². The summed E-state index contributed by atoms with van der Waals surface area (Å²) in [7, 11) is 0. The zero-order valence-electron chi connectivity index (χ0n) is 14.0. The molecule has 0 amide bonds. The Hall–Kier alpha value is -0.120. The van der Waals surface area contributed by atoms with Crippen molar-refractivity contribution in [2.45, 2.75) is 90.8 Å². The van der Waals surface area contributed by atoms with Crippen molar-refractivity contribution in [3.8, 4) is 0 Å². The van der Waals surface area contributed by atoms with E-state index in [1.165, 1.54) is 0 Å². The average Bonchev–Trinajstić information content (AvgIpc) is 2.41. The van der Waals surface area contributed by atoms with Crippen LogP contribution in [0.4, 0.5) is 0 Å². The maximum absolute atomic E-state index is 6.45. The third-order valence-corrected chi connectivity index (χ3v) is 4.92. The lowest BCUT2D eigenvalue weighted by Crippen LogP contribution is -2.48. The quantitative estimate of drug-likeness (QED) is 0.640. The normalized spacial score (nSPS) is 16.4. The van der Waals surface area contributed by atoms with Crippen molar-refractivity contribution in [3.05, 3.63) is 0 Å². The van der Waals surface area contributed by atoms with E-state index in [-0.39, 0.29) is 17.2 Å². The molecule has 116 valence electrons. The molecule has 0 aromatic carbocycles. The van der Waals surface area contributed by atoms with E-state index in [4.69, 9.17) is 16.2 Å². The molecule has 0 radical (unpaired) electrons. The highest BCUT2D eigenvalue weighted by Gasteiger charge is 2.33. The maximum atomic E-state index is 6.45. The van der Waals surface area contributed by atoms with Crippen LogP contribution < -0.4 is 11.5 Å². The van der Waals surface area contributed by atoms with Crippen LogP contribution in [0, 0.1) is 5.92 Å². The van der Waals surface area contributed by atoms with Gasteiger partial charge in [0.05, 0.1) is 12.2 Å². The van der Waals surface area contributed by atoms with Crippen LogP contribution in [0.5, 0.6) is 0 Å². The van der Waals surface area contributed by atoms with Gasteiger partial charge in [-0.05, 0) is 44.9 Å². The van der Waals surface area contributed by atoms with Crippen molar-refractivity contribution in [2.75, 3.05) is 6.61 Å². The van der Waals surface area contributed by atoms with Gasteiger partial charge in [0.2, 0.25) is 0 Å². The molecule has 3 heteroatoms. The highest BCUT2D eigenvalue weighted by molar-refractivity contribution is 4.88. The molecule has 0 saturated heterocycles. The summed E-state index contributed by atoms with van der Waals surface area (Å²) in [5.74, 6) is 0.369. The topological polar surface area (TPSA) is 61.3 Å². The molecule has 0 bridgehead atoms. The third kappa shape index (κ3) is 5.41. The summed E-state index contributed by atoms with van der Waals surface area (Å²) in [6.07, 6.45) is 4.92. The summed E-state index contributed by atoms with van der Waals surface area (Å²) in [6.45, 7) is 13.7. The minimum Gasteiger partial charge on any atom is -0.375 e. The molecule has 0 rings (SSSR count). The predicted molar refractivity (Wildman–Crippen MR) is 84.2 cm³/mol. The van der Waals surface area contributed by atoms with Gasteiger partial charge in [0, 0.05) is 11.6 Å². The van der Waals surface area contributed by atoms with Crippen molar-refractivity contribution < 1.29 is 4.74 Å². The minimum atomic E-state index is -0.110. The van der Waals surface area contributed by atoms with Gasteiger partial charge >= 0.3 is 0 Å². The summed E-state index contributed by atoms with van der Waals surface area (Å²) in [6, 6.07) is 0.176. The van der Waals surface area contributed by atoms with Crippen LogP contribution in [-0.2, 0) is 4.74 Å². The molecule has 3 nitrogen and oxygen atoms in total. The van der Waals surface area contributed by atoms with Gasteiger partial charge in [-0.2, -0.15) is 0 Å². The number of hydrogen-bond donors (Lipinski definition) is 2. The fraction of sp³-hybridized carbons (Fsp3) is 1.00. The van der Waals surface area contributed by atoms with Crippen LogP contribution in [0.3, 0.4) is 0 Å². The highest BCUT2D eigenvalue weighted by Crippen LogP contribution is 2.29. The largest absolute Gasteiger partial charge is 0.375 e. The van der Waals surface area contributed by atoms with Gasteiger partial charge in [-0.15, -0.1) is 0 Å². The molecule has 0 aromatic rings. The smallest absolute Gasteiger partial charge is 0.0692 e. The number of rotatable bonds is 10. The standard InChI is InChI=1S/C16H36N2O/c1-7-15(8-2,11-14(6)17)19-12-13(5)16(18,9-3)10-4/h13-14H,7-12,17-18H2,1-6H3. The van der Waals surface area contributed by atoms with Crippen LogP contribution in [0.2, 0.25) is 0 Å². The van der Waals surface area contributed by atoms with E-state index in [0.717, 1.165) is 38.7 Å². The van der Waals surface area contributed by atoms with Crippen molar-refractivity contribution in [1.82, 2.24) is 0 Å². The summed E-state index contributed by atoms with van der Waals surface area (Å²) >= 11 is 0. The first kappa shape index (κ1) is 18.9. The van der Waals surface area contributed by atoms with Crippen LogP contribution in [0.15, 0.2) is 0 Å². The second-order valence-electron chi connectivity index (χ2n) is 6.22. The maximum Gasteiger partial charge on any atom is 0.0692 e. The molecule has 0 aliphatic rings. The lowest BCUT2D eigenvalue weighted by Gasteiger charge is -2.39. The zero-order valence-corrected chi connectivity index (χ0v) is 14.0. The monoisotopic (exact) mass is 272 g/mol. The van der Waals surface area contributed by atoms with E-state index >= 15 is 0 Å². The Bertz CT molecular complexity index is 233. The molecular weight excluding hydrogens is 236 g/mol. The number of nitrogens with two attached hydrogens (primary N) is 2. The van der Waals surface area contributed by atoms with E-state index < -0.39 is 0 Å². The number of hydrogen-bond acceptors (Lipinski definition) is 3. The average molecular weight is 272 g/mol.